The van der Waals surface area contributed by atoms with Crippen LogP contribution in [-0.4, -0.2) is 18.3 Å². The predicted octanol–water partition coefficient (Wildman–Crippen LogP) is 16.1. The average molecular weight is 905 g/mol. The molecular weight excluding hydrogens is 865 g/mol. The van der Waals surface area contributed by atoms with Gasteiger partial charge in [0.2, 0.25) is 0 Å². The zero-order chi connectivity index (χ0) is 47.3. The summed E-state index contributed by atoms with van der Waals surface area (Å²) < 4.78 is 9.17. The summed E-state index contributed by atoms with van der Waals surface area (Å²) >= 11 is 0. The molecule has 0 spiro atoms. The Morgan fingerprint density at radius 2 is 0.634 bits per heavy atom. The van der Waals surface area contributed by atoms with Crippen molar-refractivity contribution in [2.45, 2.75) is 19.3 Å². The van der Waals surface area contributed by atoms with Gasteiger partial charge in [0.05, 0.1) is 66.9 Å². The average Bonchev–Trinajstić information content (AvgIpc) is 4.19. The van der Waals surface area contributed by atoms with E-state index in [1.165, 1.54) is 22.3 Å². The van der Waals surface area contributed by atoms with Crippen molar-refractivity contribution in [2.24, 2.45) is 0 Å². The first-order valence-electron chi connectivity index (χ1n) is 24.2. The first-order chi connectivity index (χ1) is 35.0. The number of para-hydroxylation sites is 7. The van der Waals surface area contributed by atoms with Crippen molar-refractivity contribution in [1.82, 2.24) is 18.3 Å². The number of nitrogens with zero attached hydrogens (tertiary/aromatic N) is 6. The van der Waals surface area contributed by atoms with Gasteiger partial charge in [-0.2, -0.15) is 10.5 Å². The van der Waals surface area contributed by atoms with E-state index in [4.69, 9.17) is 0 Å². The van der Waals surface area contributed by atoms with Gasteiger partial charge in [0.1, 0.15) is 23.3 Å². The van der Waals surface area contributed by atoms with Gasteiger partial charge in [-0.05, 0) is 70.8 Å². The van der Waals surface area contributed by atoms with E-state index in [0.29, 0.717) is 28.2 Å². The van der Waals surface area contributed by atoms with Crippen LogP contribution < -0.4 is 0 Å². The second-order valence-electron chi connectivity index (χ2n) is 19.4. The van der Waals surface area contributed by atoms with Crippen LogP contribution in [-0.2, 0) is 5.41 Å². The van der Waals surface area contributed by atoms with Gasteiger partial charge < -0.3 is 18.3 Å². The van der Waals surface area contributed by atoms with Crippen molar-refractivity contribution in [3.05, 3.63) is 229 Å². The van der Waals surface area contributed by atoms with Crippen LogP contribution in [0.4, 0.5) is 0 Å². The molecule has 14 aromatic rings. The fraction of sp³-hybridized carbons (Fsp3) is 0.0462. The summed E-state index contributed by atoms with van der Waals surface area (Å²) in [4.78, 5) is 0. The Kier molecular flexibility index (Phi) is 7.88. The fourth-order valence-corrected chi connectivity index (χ4v) is 12.8. The van der Waals surface area contributed by atoms with Crippen molar-refractivity contribution in [3.8, 4) is 46.0 Å². The Bertz CT molecular complexity index is 4600. The van der Waals surface area contributed by atoms with E-state index in [2.05, 4.69) is 238 Å². The minimum atomic E-state index is -0.239. The second-order valence-corrected chi connectivity index (χ2v) is 19.4. The number of fused-ring (bicyclic) bond motifs is 16. The Morgan fingerprint density at radius 3 is 1.06 bits per heavy atom. The molecule has 6 nitrogen and oxygen atoms in total. The van der Waals surface area contributed by atoms with E-state index in [-0.39, 0.29) is 5.41 Å². The smallest absolute Gasteiger partial charge is 0.104 e. The third-order valence-electron chi connectivity index (χ3n) is 15.6. The van der Waals surface area contributed by atoms with E-state index >= 15 is 0 Å². The largest absolute Gasteiger partial charge is 0.306 e. The normalized spacial score (nSPS) is 13.0. The number of benzene rings is 10. The van der Waals surface area contributed by atoms with Crippen LogP contribution in [0.3, 0.4) is 0 Å². The van der Waals surface area contributed by atoms with E-state index in [1.54, 1.807) is 0 Å². The zero-order valence-electron chi connectivity index (χ0n) is 38.8. The minimum Gasteiger partial charge on any atom is -0.306 e. The fourth-order valence-electron chi connectivity index (χ4n) is 12.8. The molecule has 4 heterocycles. The lowest BCUT2D eigenvalue weighted by Gasteiger charge is -2.27. The Labute approximate surface area is 407 Å². The Hall–Kier alpha value is -9.62. The second kappa shape index (κ2) is 14.2. The van der Waals surface area contributed by atoms with Crippen LogP contribution >= 0.6 is 0 Å². The summed E-state index contributed by atoms with van der Waals surface area (Å²) in [6.45, 7) is 4.65. The number of aromatic nitrogens is 4. The van der Waals surface area contributed by atoms with Crippen molar-refractivity contribution >= 4 is 87.2 Å². The van der Waals surface area contributed by atoms with Gasteiger partial charge in [0.25, 0.3) is 0 Å². The van der Waals surface area contributed by atoms with Gasteiger partial charge in [-0.25, -0.2) is 0 Å². The molecule has 71 heavy (non-hydrogen) atoms. The SMILES string of the molecule is CC1(C)c2ccccc2-c2c1ccc1c2c2ccccc2n1-c1c(C#N)c(-n2c3ccccc3c3ccccc32)c(C#N)c(-n2c3ccccc3c3ccccc32)c1-n1c2ccccc2c2ccccc21. The summed E-state index contributed by atoms with van der Waals surface area (Å²) in [5, 5.41) is 33.4. The number of hydrogen-bond acceptors (Lipinski definition) is 2. The van der Waals surface area contributed by atoms with Gasteiger partial charge in [-0.3, -0.25) is 0 Å². The highest BCUT2D eigenvalue weighted by Gasteiger charge is 2.39. The molecule has 0 N–H and O–H groups in total. The van der Waals surface area contributed by atoms with Crippen LogP contribution in [0.2, 0.25) is 0 Å². The van der Waals surface area contributed by atoms with Gasteiger partial charge >= 0.3 is 0 Å². The summed E-state index contributed by atoms with van der Waals surface area (Å²) in [6.07, 6.45) is 0. The van der Waals surface area contributed by atoms with E-state index < -0.39 is 0 Å². The number of rotatable bonds is 4. The molecule has 1 aliphatic carbocycles. The van der Waals surface area contributed by atoms with Gasteiger partial charge in [0, 0.05) is 48.5 Å². The topological polar surface area (TPSA) is 67.3 Å². The lowest BCUT2D eigenvalue weighted by atomic mass is 9.82. The van der Waals surface area contributed by atoms with Crippen molar-refractivity contribution in [1.29, 1.82) is 10.5 Å². The number of hydrogen-bond donors (Lipinski definition) is 0. The summed E-state index contributed by atoms with van der Waals surface area (Å²) in [6, 6.07) is 78.6. The van der Waals surface area contributed by atoms with Crippen LogP contribution in [0, 0.1) is 22.7 Å². The van der Waals surface area contributed by atoms with Crippen LogP contribution in [0.5, 0.6) is 0 Å². The van der Waals surface area contributed by atoms with Gasteiger partial charge in [-0.1, -0.05) is 172 Å². The molecule has 0 aliphatic heterocycles. The van der Waals surface area contributed by atoms with E-state index in [1.807, 2.05) is 12.1 Å². The standard InChI is InChI=1S/C65H40N6/c1-65(2)49-27-11-3-25-45(49)59-50(65)35-36-58-60(59)46-26-10-18-34-57(46)71(58)63-48(38-67)61(68-51-28-12-4-19-39(51)40-20-5-13-29-52(40)68)47(37-66)62(69-53-30-14-6-21-41(53)42-22-7-15-31-54(42)69)64(63)70-55-32-16-8-23-43(55)44-24-9-17-33-56(44)70/h3-36H,1-2H3. The summed E-state index contributed by atoms with van der Waals surface area (Å²) in [5.41, 5.74) is 15.8. The minimum absolute atomic E-state index is 0.239. The predicted molar refractivity (Wildman–Crippen MR) is 291 cm³/mol. The molecule has 0 saturated heterocycles. The molecular formula is C65H40N6. The Balaban J connectivity index is 1.28. The van der Waals surface area contributed by atoms with Crippen LogP contribution in [0.25, 0.3) is 121 Å². The van der Waals surface area contributed by atoms with Gasteiger partial charge in [0.15, 0.2) is 0 Å². The summed E-state index contributed by atoms with van der Waals surface area (Å²) in [5.74, 6) is 0. The molecule has 0 unspecified atom stereocenters. The van der Waals surface area contributed by atoms with Crippen molar-refractivity contribution in [3.63, 3.8) is 0 Å². The molecule has 1 aliphatic rings. The lowest BCUT2D eigenvalue weighted by molar-refractivity contribution is 0.661. The Morgan fingerprint density at radius 1 is 0.310 bits per heavy atom. The molecule has 0 atom stereocenters. The molecule has 0 fully saturated rings. The van der Waals surface area contributed by atoms with Crippen molar-refractivity contribution < 1.29 is 0 Å². The molecule has 0 radical (unpaired) electrons. The third kappa shape index (κ3) is 4.98. The summed E-state index contributed by atoms with van der Waals surface area (Å²) in [7, 11) is 0. The molecule has 10 aromatic carbocycles. The van der Waals surface area contributed by atoms with Crippen LogP contribution in [0.1, 0.15) is 36.1 Å². The zero-order valence-corrected chi connectivity index (χ0v) is 38.8. The molecule has 0 saturated carbocycles. The maximum Gasteiger partial charge on any atom is 0.104 e. The highest BCUT2D eigenvalue weighted by molar-refractivity contribution is 6.20. The lowest BCUT2D eigenvalue weighted by Crippen LogP contribution is -2.17. The van der Waals surface area contributed by atoms with E-state index in [0.717, 1.165) is 92.9 Å². The molecule has 330 valence electrons. The molecule has 0 bridgehead atoms. The third-order valence-corrected chi connectivity index (χ3v) is 15.6. The number of nitriles is 2. The van der Waals surface area contributed by atoms with Gasteiger partial charge in [-0.15, -0.1) is 0 Å². The molecule has 0 amide bonds. The first kappa shape index (κ1) is 39.4. The van der Waals surface area contributed by atoms with E-state index in [9.17, 15) is 10.5 Å². The molecule has 6 heteroatoms. The molecule has 15 rings (SSSR count). The van der Waals surface area contributed by atoms with Crippen LogP contribution in [0.15, 0.2) is 206 Å². The highest BCUT2D eigenvalue weighted by atomic mass is 15.1. The first-order valence-corrected chi connectivity index (χ1v) is 24.2. The maximum absolute atomic E-state index is 12.5. The maximum atomic E-state index is 12.5. The molecule has 4 aromatic heterocycles. The quantitative estimate of drug-likeness (QED) is 0.177. The van der Waals surface area contributed by atoms with Crippen molar-refractivity contribution in [2.75, 3.05) is 0 Å². The monoisotopic (exact) mass is 904 g/mol. The highest BCUT2D eigenvalue weighted by Crippen LogP contribution is 2.55.